The van der Waals surface area contributed by atoms with Gasteiger partial charge < -0.3 is 25.8 Å². The number of carbonyl (C=O) groups excluding carboxylic acids is 3. The number of nitrogens with zero attached hydrogens (tertiary/aromatic N) is 5. The maximum absolute atomic E-state index is 13.7. The number of hydrogen-bond acceptors (Lipinski definition) is 7. The van der Waals surface area contributed by atoms with Gasteiger partial charge in [-0.3, -0.25) is 14.4 Å². The fourth-order valence-electron chi connectivity index (χ4n) is 5.34. The Morgan fingerprint density at radius 3 is 2.78 bits per heavy atom. The predicted octanol–water partition coefficient (Wildman–Crippen LogP) is 2.31. The van der Waals surface area contributed by atoms with Gasteiger partial charge in [0.1, 0.15) is 40.8 Å². The first-order valence-corrected chi connectivity index (χ1v) is 12.6. The minimum atomic E-state index is -0.579. The number of fused-ring (bicyclic) bond motifs is 4. The lowest BCUT2D eigenvalue weighted by molar-refractivity contribution is -0.138. The van der Waals surface area contributed by atoms with E-state index in [4.69, 9.17) is 5.73 Å². The summed E-state index contributed by atoms with van der Waals surface area (Å²) in [7, 11) is 1.56. The van der Waals surface area contributed by atoms with Crippen molar-refractivity contribution in [2.24, 2.45) is 5.92 Å². The number of pyridine rings is 1. The Hall–Kier alpha value is -4.06. The fraction of sp³-hybridized carbons (Fsp3) is 0.280. The zero-order chi connectivity index (χ0) is 25.8. The van der Waals surface area contributed by atoms with Crippen LogP contribution in [0.1, 0.15) is 23.2 Å². The van der Waals surface area contributed by atoms with Crippen LogP contribution in [0.5, 0.6) is 0 Å². The Morgan fingerprint density at radius 2 is 2.00 bits per heavy atom. The lowest BCUT2D eigenvalue weighted by Crippen LogP contribution is -2.46. The molecule has 3 amide bonds. The molecule has 4 heterocycles. The third kappa shape index (κ3) is 3.97. The highest BCUT2D eigenvalue weighted by molar-refractivity contribution is 9.10. The van der Waals surface area contributed by atoms with Crippen molar-refractivity contribution in [2.75, 3.05) is 18.1 Å². The molecule has 11 nitrogen and oxygen atoms in total. The van der Waals surface area contributed by atoms with Crippen LogP contribution in [-0.4, -0.2) is 61.3 Å². The highest BCUT2D eigenvalue weighted by Crippen LogP contribution is 2.48. The van der Waals surface area contributed by atoms with Gasteiger partial charge in [0.25, 0.3) is 5.91 Å². The average molecular weight is 563 g/mol. The minimum absolute atomic E-state index is 0.0299. The molecule has 12 heteroatoms. The lowest BCUT2D eigenvalue weighted by atomic mass is 10.1. The first-order chi connectivity index (χ1) is 17.9. The molecule has 0 bridgehead atoms. The van der Waals surface area contributed by atoms with Gasteiger partial charge in [0.2, 0.25) is 11.8 Å². The molecule has 2 aliphatic rings. The van der Waals surface area contributed by atoms with Crippen LogP contribution in [0.3, 0.4) is 0 Å². The number of carbonyl (C=O) groups is 3. The molecule has 1 aliphatic heterocycles. The van der Waals surface area contributed by atoms with Gasteiger partial charge in [0, 0.05) is 24.0 Å². The van der Waals surface area contributed by atoms with Crippen molar-refractivity contribution in [1.82, 2.24) is 29.7 Å². The van der Waals surface area contributed by atoms with Gasteiger partial charge in [-0.25, -0.2) is 15.0 Å². The number of likely N-dealkylation sites (tertiary alicyclic amines) is 1. The quantitative estimate of drug-likeness (QED) is 0.316. The molecule has 3 aromatic heterocycles. The smallest absolute Gasteiger partial charge is 0.251 e. The monoisotopic (exact) mass is 562 g/mol. The zero-order valence-corrected chi connectivity index (χ0v) is 21.4. The van der Waals surface area contributed by atoms with Crippen LogP contribution in [0.25, 0.3) is 21.9 Å². The molecule has 0 spiro atoms. The van der Waals surface area contributed by atoms with Crippen molar-refractivity contribution < 1.29 is 14.4 Å². The average Bonchev–Trinajstić information content (AvgIpc) is 3.43. The highest BCUT2D eigenvalue weighted by atomic mass is 79.9. The molecular weight excluding hydrogens is 540 g/mol. The van der Waals surface area contributed by atoms with Crippen LogP contribution in [0.15, 0.2) is 47.3 Å². The minimum Gasteiger partial charge on any atom is -0.383 e. The summed E-state index contributed by atoms with van der Waals surface area (Å²) in [5.41, 5.74) is 7.86. The van der Waals surface area contributed by atoms with E-state index in [1.165, 1.54) is 6.33 Å². The number of nitrogens with two attached hydrogens (primary N) is 1. The van der Waals surface area contributed by atoms with Gasteiger partial charge in [0.05, 0.1) is 10.9 Å². The second kappa shape index (κ2) is 8.80. The lowest BCUT2D eigenvalue weighted by Gasteiger charge is -2.27. The van der Waals surface area contributed by atoms with Gasteiger partial charge in [0.15, 0.2) is 0 Å². The second-order valence-corrected chi connectivity index (χ2v) is 10.1. The van der Waals surface area contributed by atoms with Crippen LogP contribution in [0.2, 0.25) is 0 Å². The van der Waals surface area contributed by atoms with Crippen molar-refractivity contribution in [1.29, 1.82) is 0 Å². The molecule has 0 radical (unpaired) electrons. The molecule has 1 saturated heterocycles. The Morgan fingerprint density at radius 1 is 1.16 bits per heavy atom. The normalized spacial score (nSPS) is 20.2. The molecule has 6 rings (SSSR count). The first-order valence-electron chi connectivity index (χ1n) is 11.8. The molecular formula is C25H23BrN8O3. The summed E-state index contributed by atoms with van der Waals surface area (Å²) in [4.78, 5) is 53.6. The van der Waals surface area contributed by atoms with Crippen molar-refractivity contribution in [3.05, 3.63) is 52.9 Å². The molecule has 188 valence electrons. The van der Waals surface area contributed by atoms with Crippen molar-refractivity contribution >= 4 is 67.2 Å². The predicted molar refractivity (Wildman–Crippen MR) is 141 cm³/mol. The van der Waals surface area contributed by atoms with E-state index in [1.54, 1.807) is 52.9 Å². The standard InChI is InChI=1S/C25H23BrN8O3/c1-28-24(36)12-5-6-15-14(7-12)21-22(27)29-11-30-23(21)33(15)10-20(35)34-16-8-13(16)9-17(34)25(37)32-19-4-2-3-18(26)31-19/h2-7,11,13,16-17H,8-10H2,1H3,(H,28,36)(H2,27,29,30)(H,31,32,37)/t13-,16-,17+/m1/s1. The number of nitrogen functional groups attached to an aromatic ring is 1. The highest BCUT2D eigenvalue weighted by Gasteiger charge is 2.56. The number of benzene rings is 1. The molecule has 1 aromatic carbocycles. The van der Waals surface area contributed by atoms with Crippen LogP contribution < -0.4 is 16.4 Å². The number of aromatic nitrogens is 4. The maximum atomic E-state index is 13.7. The number of anilines is 2. The summed E-state index contributed by atoms with van der Waals surface area (Å²) in [5.74, 6) is 0.335. The molecule has 4 N–H and O–H groups in total. The Bertz CT molecular complexity index is 1600. The zero-order valence-electron chi connectivity index (χ0n) is 19.8. The number of halogens is 1. The van der Waals surface area contributed by atoms with Gasteiger partial charge >= 0.3 is 0 Å². The van der Waals surface area contributed by atoms with E-state index in [-0.39, 0.29) is 36.1 Å². The van der Waals surface area contributed by atoms with Crippen LogP contribution >= 0.6 is 15.9 Å². The molecule has 4 aromatic rings. The molecule has 2 fully saturated rings. The summed E-state index contributed by atoms with van der Waals surface area (Å²) < 4.78 is 2.39. The summed E-state index contributed by atoms with van der Waals surface area (Å²) in [6, 6.07) is 9.93. The number of hydrogen-bond donors (Lipinski definition) is 3. The molecule has 0 unspecified atom stereocenters. The van der Waals surface area contributed by atoms with E-state index >= 15 is 0 Å². The first kappa shape index (κ1) is 23.3. The Labute approximate surface area is 219 Å². The Kier molecular flexibility index (Phi) is 5.55. The molecule has 1 aliphatic carbocycles. The van der Waals surface area contributed by atoms with Crippen LogP contribution in [0.4, 0.5) is 11.6 Å². The van der Waals surface area contributed by atoms with Crippen molar-refractivity contribution in [3.63, 3.8) is 0 Å². The number of piperidine rings is 1. The largest absolute Gasteiger partial charge is 0.383 e. The van der Waals surface area contributed by atoms with E-state index in [0.717, 1.165) is 6.42 Å². The van der Waals surface area contributed by atoms with Crippen LogP contribution in [0, 0.1) is 5.92 Å². The summed E-state index contributed by atoms with van der Waals surface area (Å²) in [6.07, 6.45) is 2.86. The van der Waals surface area contributed by atoms with Gasteiger partial charge in [-0.15, -0.1) is 0 Å². The number of amides is 3. The van der Waals surface area contributed by atoms with E-state index in [2.05, 4.69) is 41.5 Å². The van der Waals surface area contributed by atoms with Crippen molar-refractivity contribution in [3.8, 4) is 0 Å². The fourth-order valence-corrected chi connectivity index (χ4v) is 5.68. The molecule has 37 heavy (non-hydrogen) atoms. The third-order valence-corrected chi connectivity index (χ3v) is 7.55. The number of rotatable bonds is 5. The van der Waals surface area contributed by atoms with E-state index in [9.17, 15) is 14.4 Å². The summed E-state index contributed by atoms with van der Waals surface area (Å²) >= 11 is 3.31. The van der Waals surface area contributed by atoms with Gasteiger partial charge in [-0.05, 0) is 65.0 Å². The van der Waals surface area contributed by atoms with Crippen LogP contribution in [-0.2, 0) is 16.1 Å². The second-order valence-electron chi connectivity index (χ2n) is 9.31. The Balaban J connectivity index is 1.34. The molecule has 1 saturated carbocycles. The van der Waals surface area contributed by atoms with E-state index < -0.39 is 6.04 Å². The SMILES string of the molecule is CNC(=O)c1ccc2c(c1)c1c(N)ncnc1n2CC(=O)N1[C@@H]2C[C@@H]2C[C@H]1C(=O)Nc1cccc(Br)n1. The number of nitrogens with one attached hydrogen (secondary N) is 2. The summed E-state index contributed by atoms with van der Waals surface area (Å²) in [5, 5.41) is 6.72. The van der Waals surface area contributed by atoms with Gasteiger partial charge in [-0.2, -0.15) is 0 Å². The van der Waals surface area contributed by atoms with E-state index in [1.807, 2.05) is 0 Å². The maximum Gasteiger partial charge on any atom is 0.251 e. The van der Waals surface area contributed by atoms with Crippen molar-refractivity contribution in [2.45, 2.75) is 31.5 Å². The molecule has 3 atom stereocenters. The van der Waals surface area contributed by atoms with Gasteiger partial charge in [-0.1, -0.05) is 6.07 Å². The van der Waals surface area contributed by atoms with E-state index in [0.29, 0.717) is 50.3 Å². The topological polar surface area (TPSA) is 148 Å². The summed E-state index contributed by atoms with van der Waals surface area (Å²) in [6.45, 7) is -0.0299. The third-order valence-electron chi connectivity index (χ3n) is 7.11.